The van der Waals surface area contributed by atoms with Crippen LogP contribution in [0, 0.1) is 0 Å². The van der Waals surface area contributed by atoms with Crippen molar-refractivity contribution in [3.63, 3.8) is 0 Å². The van der Waals surface area contributed by atoms with E-state index < -0.39 is 0 Å². The molecule has 0 unspecified atom stereocenters. The van der Waals surface area contributed by atoms with Crippen LogP contribution in [-0.2, 0) is 11.2 Å². The van der Waals surface area contributed by atoms with Crippen LogP contribution < -0.4 is 10.2 Å². The number of nitrogens with zero attached hydrogens (tertiary/aromatic N) is 1. The van der Waals surface area contributed by atoms with E-state index in [0.717, 1.165) is 30.0 Å². The van der Waals surface area contributed by atoms with Crippen LogP contribution in [0.4, 0.5) is 11.4 Å². The molecule has 3 nitrogen and oxygen atoms in total. The number of nitrogens with one attached hydrogen (secondary N) is 1. The fraction of sp³-hybridized carbons (Fsp3) is 0.208. The van der Waals surface area contributed by atoms with Crippen LogP contribution >= 0.6 is 0 Å². The summed E-state index contributed by atoms with van der Waals surface area (Å²) in [6, 6.07) is 26.6. The van der Waals surface area contributed by atoms with Crippen molar-refractivity contribution in [2.75, 3.05) is 23.3 Å². The molecule has 27 heavy (non-hydrogen) atoms. The summed E-state index contributed by atoms with van der Waals surface area (Å²) in [5, 5.41) is 3.10. The van der Waals surface area contributed by atoms with Gasteiger partial charge in [-0.2, -0.15) is 0 Å². The lowest BCUT2D eigenvalue weighted by atomic mass is 10.0. The summed E-state index contributed by atoms with van der Waals surface area (Å²) in [4.78, 5) is 14.9. The van der Waals surface area contributed by atoms with Gasteiger partial charge >= 0.3 is 0 Å². The first-order chi connectivity index (χ1) is 13.3. The first-order valence-corrected chi connectivity index (χ1v) is 9.58. The molecule has 3 heteroatoms. The van der Waals surface area contributed by atoms with Gasteiger partial charge in [0.05, 0.1) is 17.8 Å². The van der Waals surface area contributed by atoms with Gasteiger partial charge < -0.3 is 10.2 Å². The van der Waals surface area contributed by atoms with Gasteiger partial charge in [-0.1, -0.05) is 66.7 Å². The van der Waals surface area contributed by atoms with E-state index >= 15 is 0 Å². The third-order valence-corrected chi connectivity index (χ3v) is 5.05. The lowest BCUT2D eigenvalue weighted by Crippen LogP contribution is -2.21. The summed E-state index contributed by atoms with van der Waals surface area (Å²) in [6.45, 7) is 2.13. The summed E-state index contributed by atoms with van der Waals surface area (Å²) in [5.41, 5.74) is 5.41. The van der Waals surface area contributed by atoms with E-state index in [1.165, 1.54) is 24.0 Å². The Morgan fingerprint density at radius 3 is 2.15 bits per heavy atom. The Kier molecular flexibility index (Phi) is 5.20. The molecule has 1 aliphatic rings. The molecule has 0 aromatic heterocycles. The van der Waals surface area contributed by atoms with E-state index in [2.05, 4.69) is 40.5 Å². The third-order valence-electron chi connectivity index (χ3n) is 5.05. The molecule has 1 saturated heterocycles. The van der Waals surface area contributed by atoms with E-state index in [4.69, 9.17) is 0 Å². The Hall–Kier alpha value is -3.07. The number of rotatable bonds is 5. The fourth-order valence-electron chi connectivity index (χ4n) is 3.64. The predicted molar refractivity (Wildman–Crippen MR) is 112 cm³/mol. The molecule has 0 spiro atoms. The van der Waals surface area contributed by atoms with Gasteiger partial charge in [0, 0.05) is 13.1 Å². The van der Waals surface area contributed by atoms with E-state index in [-0.39, 0.29) is 5.91 Å². The number of carbonyl (C=O) groups excluding carboxylic acids is 1. The van der Waals surface area contributed by atoms with E-state index in [1.807, 2.05) is 48.5 Å². The van der Waals surface area contributed by atoms with Crippen molar-refractivity contribution < 1.29 is 4.79 Å². The quantitative estimate of drug-likeness (QED) is 0.687. The zero-order chi connectivity index (χ0) is 18.5. The minimum absolute atomic E-state index is 0.0223. The number of anilines is 2. The molecule has 3 aromatic rings. The van der Waals surface area contributed by atoms with Gasteiger partial charge in [-0.05, 0) is 41.7 Å². The first kappa shape index (κ1) is 17.3. The Bertz CT molecular complexity index is 897. The second-order valence-electron chi connectivity index (χ2n) is 7.00. The number of para-hydroxylation sites is 2. The van der Waals surface area contributed by atoms with Gasteiger partial charge in [-0.25, -0.2) is 0 Å². The van der Waals surface area contributed by atoms with Crippen molar-refractivity contribution in [2.24, 2.45) is 0 Å². The zero-order valence-corrected chi connectivity index (χ0v) is 15.4. The van der Waals surface area contributed by atoms with Crippen LogP contribution in [0.1, 0.15) is 18.4 Å². The van der Waals surface area contributed by atoms with Gasteiger partial charge in [0.2, 0.25) is 5.91 Å². The molecule has 0 aliphatic carbocycles. The van der Waals surface area contributed by atoms with Crippen LogP contribution in [0.25, 0.3) is 11.1 Å². The molecule has 0 bridgehead atoms. The molecular weight excluding hydrogens is 332 g/mol. The average molecular weight is 356 g/mol. The molecule has 0 radical (unpaired) electrons. The Morgan fingerprint density at radius 2 is 1.41 bits per heavy atom. The van der Waals surface area contributed by atoms with Crippen LogP contribution in [-0.4, -0.2) is 19.0 Å². The van der Waals surface area contributed by atoms with Crippen molar-refractivity contribution in [3.05, 3.63) is 84.4 Å². The van der Waals surface area contributed by atoms with Gasteiger partial charge in [0.15, 0.2) is 0 Å². The van der Waals surface area contributed by atoms with Crippen LogP contribution in [0.15, 0.2) is 78.9 Å². The SMILES string of the molecule is O=C(Cc1ccc(-c2ccccc2)cc1)Nc1ccccc1N1CCCC1. The third kappa shape index (κ3) is 4.20. The molecule has 1 amide bonds. The zero-order valence-electron chi connectivity index (χ0n) is 15.4. The Morgan fingerprint density at radius 1 is 0.778 bits per heavy atom. The highest BCUT2D eigenvalue weighted by atomic mass is 16.1. The maximum atomic E-state index is 12.6. The molecule has 1 N–H and O–H groups in total. The molecule has 0 atom stereocenters. The van der Waals surface area contributed by atoms with E-state index in [0.29, 0.717) is 6.42 Å². The van der Waals surface area contributed by atoms with E-state index in [9.17, 15) is 4.79 Å². The minimum atomic E-state index is 0.0223. The van der Waals surface area contributed by atoms with Gasteiger partial charge in [0.25, 0.3) is 0 Å². The van der Waals surface area contributed by atoms with Gasteiger partial charge in [-0.15, -0.1) is 0 Å². The number of benzene rings is 3. The lowest BCUT2D eigenvalue weighted by molar-refractivity contribution is -0.115. The molecule has 4 rings (SSSR count). The summed E-state index contributed by atoms with van der Waals surface area (Å²) in [6.07, 6.45) is 2.81. The van der Waals surface area contributed by atoms with Crippen LogP contribution in [0.3, 0.4) is 0 Å². The average Bonchev–Trinajstić information content (AvgIpc) is 3.24. The molecule has 0 saturated carbocycles. The van der Waals surface area contributed by atoms with Crippen LogP contribution in [0.5, 0.6) is 0 Å². The number of hydrogen-bond acceptors (Lipinski definition) is 2. The molecule has 1 fully saturated rings. The molecule has 1 aliphatic heterocycles. The second-order valence-corrected chi connectivity index (χ2v) is 7.00. The topological polar surface area (TPSA) is 32.3 Å². The van der Waals surface area contributed by atoms with Gasteiger partial charge in [0.1, 0.15) is 0 Å². The highest BCUT2D eigenvalue weighted by molar-refractivity contribution is 5.95. The normalized spacial score (nSPS) is 13.6. The van der Waals surface area contributed by atoms with Crippen molar-refractivity contribution in [2.45, 2.75) is 19.3 Å². The first-order valence-electron chi connectivity index (χ1n) is 9.58. The number of hydrogen-bond donors (Lipinski definition) is 1. The number of amides is 1. The highest BCUT2D eigenvalue weighted by Crippen LogP contribution is 2.28. The van der Waals surface area contributed by atoms with Crippen molar-refractivity contribution in [3.8, 4) is 11.1 Å². The molecular formula is C24H24N2O. The van der Waals surface area contributed by atoms with Crippen molar-refractivity contribution >= 4 is 17.3 Å². The van der Waals surface area contributed by atoms with Gasteiger partial charge in [-0.3, -0.25) is 4.79 Å². The van der Waals surface area contributed by atoms with E-state index in [1.54, 1.807) is 0 Å². The predicted octanol–water partition coefficient (Wildman–Crippen LogP) is 5.14. The molecule has 1 heterocycles. The monoisotopic (exact) mass is 356 g/mol. The Labute approximate surface area is 160 Å². The largest absolute Gasteiger partial charge is 0.370 e. The smallest absolute Gasteiger partial charge is 0.228 e. The standard InChI is InChI=1S/C24H24N2O/c27-24(25-22-10-4-5-11-23(22)26-16-6-7-17-26)18-19-12-14-21(15-13-19)20-8-2-1-3-9-20/h1-5,8-15H,6-7,16-18H2,(H,25,27). The molecule has 136 valence electrons. The Balaban J connectivity index is 1.43. The number of carbonyl (C=O) groups is 1. The summed E-state index contributed by atoms with van der Waals surface area (Å²) >= 11 is 0. The summed E-state index contributed by atoms with van der Waals surface area (Å²) in [7, 11) is 0. The maximum Gasteiger partial charge on any atom is 0.228 e. The fourth-order valence-corrected chi connectivity index (χ4v) is 3.64. The van der Waals surface area contributed by atoms with Crippen molar-refractivity contribution in [1.82, 2.24) is 0 Å². The minimum Gasteiger partial charge on any atom is -0.370 e. The van der Waals surface area contributed by atoms with Crippen LogP contribution in [0.2, 0.25) is 0 Å². The highest BCUT2D eigenvalue weighted by Gasteiger charge is 2.16. The second kappa shape index (κ2) is 8.09. The lowest BCUT2D eigenvalue weighted by Gasteiger charge is -2.21. The van der Waals surface area contributed by atoms with Crippen molar-refractivity contribution in [1.29, 1.82) is 0 Å². The summed E-state index contributed by atoms with van der Waals surface area (Å²) < 4.78 is 0. The summed E-state index contributed by atoms with van der Waals surface area (Å²) in [5.74, 6) is 0.0223. The molecule has 3 aromatic carbocycles. The maximum absolute atomic E-state index is 12.6.